The molecule has 0 N–H and O–H groups in total. The Balaban J connectivity index is 0.000000203. The smallest absolute Gasteiger partial charge is 0.469 e. The number of aryl methyl sites for hydroxylation is 4. The molecular weight excluding hydrogens is 1020 g/mol. The molecule has 19 heteroatoms. The Kier molecular flexibility index (Phi) is 19.5. The number of amides is 2. The van der Waals surface area contributed by atoms with E-state index in [9.17, 15) is 19.2 Å². The Hall–Kier alpha value is -7.12. The zero-order chi connectivity index (χ0) is 57.8. The molecule has 0 radical (unpaired) electrons. The quantitative estimate of drug-likeness (QED) is 0.0575. The van der Waals surface area contributed by atoms with Gasteiger partial charge in [0.25, 0.3) is 0 Å². The van der Waals surface area contributed by atoms with Crippen LogP contribution in [-0.2, 0) is 76.9 Å². The van der Waals surface area contributed by atoms with E-state index >= 15 is 0 Å². The van der Waals surface area contributed by atoms with Crippen molar-refractivity contribution in [3.63, 3.8) is 0 Å². The first-order valence-electron chi connectivity index (χ1n) is 27.2. The molecule has 0 saturated carbocycles. The summed E-state index contributed by atoms with van der Waals surface area (Å²) in [6, 6.07) is 20.6. The molecule has 3 aliphatic rings. The molecule has 18 nitrogen and oxygen atoms in total. The van der Waals surface area contributed by atoms with E-state index < -0.39 is 11.2 Å². The predicted molar refractivity (Wildman–Crippen MR) is 311 cm³/mol. The van der Waals surface area contributed by atoms with Gasteiger partial charge in [0.2, 0.25) is 0 Å². The molecule has 5 heterocycles. The standard InChI is InChI=1S/C27H34N4O4.C20H30BNO4.C13H15N3O2.CH4/c1-7-31-23-11-10-21(17(2)25(23)28-29-31)22(15-24(32)34-6)19-9-8-18-12-13-30(16-20(18)14-19)26(33)35-27(3,4)5;1-18(2,3)24-17(23)22-11-10-14-8-9-16(12-15(14)13-22)21-25-19(4,5)20(6,7)26-21;1-4-16-11-7-5-10(6-8-12(17)18-3)9(2)13(11)14-15-16;/h8-11,14,22H,7,12-13,15-16H2,1-6H3;8-9,12H,10-11,13H2,1-7H3;5-8H,4H2,1-3H3;1H4/b;;8-6+;. The van der Waals surface area contributed by atoms with Crippen molar-refractivity contribution in [1.29, 1.82) is 0 Å². The molecular formula is C61H83BN8O10. The van der Waals surface area contributed by atoms with Gasteiger partial charge >= 0.3 is 31.2 Å². The third-order valence-corrected chi connectivity index (χ3v) is 14.9. The molecule has 2 aromatic heterocycles. The molecule has 9 rings (SSSR count). The fourth-order valence-electron chi connectivity index (χ4n) is 9.74. The molecule has 430 valence electrons. The third-order valence-electron chi connectivity index (χ3n) is 14.9. The summed E-state index contributed by atoms with van der Waals surface area (Å²) in [5.41, 5.74) is 12.6. The SMILES string of the molecule is C.CC(C)(C)OC(=O)N1CCc2ccc(B3OC(C)(C)C(C)(C)O3)cc2C1.CCn1nnc2c(C)c(/C=C/C(=O)OC)ccc21.CCn1nnc2c(C)c(C(CC(=O)OC)c3ccc4c(c3)CN(C(=O)OC(C)(C)C)CC4)ccc21. The summed E-state index contributed by atoms with van der Waals surface area (Å²) in [5, 5.41) is 16.9. The van der Waals surface area contributed by atoms with E-state index in [1.165, 1.54) is 31.4 Å². The second-order valence-corrected chi connectivity index (χ2v) is 23.2. The van der Waals surface area contributed by atoms with Crippen molar-refractivity contribution in [3.05, 3.63) is 117 Å². The maximum absolute atomic E-state index is 12.7. The monoisotopic (exact) mass is 1100 g/mol. The Labute approximate surface area is 472 Å². The number of carbonyl (C=O) groups excluding carboxylic acids is 4. The van der Waals surface area contributed by atoms with Gasteiger partial charge in [-0.25, -0.2) is 23.7 Å². The lowest BCUT2D eigenvalue weighted by molar-refractivity contribution is -0.141. The van der Waals surface area contributed by atoms with E-state index in [2.05, 4.69) is 95.5 Å². The molecule has 1 unspecified atom stereocenters. The minimum absolute atomic E-state index is 0. The van der Waals surface area contributed by atoms with Crippen LogP contribution in [0.2, 0.25) is 0 Å². The maximum Gasteiger partial charge on any atom is 0.494 e. The molecule has 2 amide bonds. The number of aromatic nitrogens is 6. The highest BCUT2D eigenvalue weighted by molar-refractivity contribution is 6.62. The lowest BCUT2D eigenvalue weighted by atomic mass is 9.77. The van der Waals surface area contributed by atoms with E-state index in [4.69, 9.17) is 23.5 Å². The Bertz CT molecular complexity index is 3220. The number of hydrogen-bond donors (Lipinski definition) is 0. The van der Waals surface area contributed by atoms with Gasteiger partial charge in [-0.2, -0.15) is 0 Å². The van der Waals surface area contributed by atoms with Gasteiger partial charge in [-0.3, -0.25) is 4.79 Å². The van der Waals surface area contributed by atoms with Crippen LogP contribution in [0.4, 0.5) is 9.59 Å². The third kappa shape index (κ3) is 14.4. The number of benzene rings is 4. The van der Waals surface area contributed by atoms with E-state index in [1.807, 2.05) is 96.8 Å². The first-order chi connectivity index (χ1) is 37.2. The van der Waals surface area contributed by atoms with Gasteiger partial charge < -0.3 is 38.1 Å². The number of fused-ring (bicyclic) bond motifs is 4. The maximum atomic E-state index is 12.7. The number of hydrogen-bond acceptors (Lipinski definition) is 14. The van der Waals surface area contributed by atoms with Crippen molar-refractivity contribution >= 4 is 64.8 Å². The molecule has 6 aromatic rings. The lowest BCUT2D eigenvalue weighted by Gasteiger charge is -2.32. The Morgan fingerprint density at radius 3 is 1.68 bits per heavy atom. The van der Waals surface area contributed by atoms with Crippen molar-refractivity contribution in [3.8, 4) is 0 Å². The van der Waals surface area contributed by atoms with Crippen LogP contribution >= 0.6 is 0 Å². The zero-order valence-corrected chi connectivity index (χ0v) is 49.1. The van der Waals surface area contributed by atoms with Gasteiger partial charge in [0.1, 0.15) is 22.2 Å². The van der Waals surface area contributed by atoms with Crippen LogP contribution < -0.4 is 5.46 Å². The predicted octanol–water partition coefficient (Wildman–Crippen LogP) is 10.6. The minimum atomic E-state index is -0.541. The molecule has 3 aliphatic heterocycles. The van der Waals surface area contributed by atoms with Gasteiger partial charge in [0.05, 0.1) is 42.9 Å². The lowest BCUT2D eigenvalue weighted by Crippen LogP contribution is -2.41. The fourth-order valence-corrected chi connectivity index (χ4v) is 9.74. The van der Waals surface area contributed by atoms with E-state index in [1.54, 1.807) is 15.9 Å². The highest BCUT2D eigenvalue weighted by Crippen LogP contribution is 2.38. The number of nitrogens with zero attached hydrogens (tertiary/aromatic N) is 8. The first kappa shape index (κ1) is 62.1. The molecule has 1 fully saturated rings. The Morgan fingerprint density at radius 1 is 0.675 bits per heavy atom. The van der Waals surface area contributed by atoms with Crippen LogP contribution in [0.5, 0.6) is 0 Å². The molecule has 1 saturated heterocycles. The second kappa shape index (κ2) is 25.1. The summed E-state index contributed by atoms with van der Waals surface area (Å²) in [6.07, 6.45) is 4.37. The van der Waals surface area contributed by atoms with Gasteiger partial charge in [0, 0.05) is 51.3 Å². The second-order valence-electron chi connectivity index (χ2n) is 23.2. The summed E-state index contributed by atoms with van der Waals surface area (Å²) in [5.74, 6) is -0.854. The highest BCUT2D eigenvalue weighted by Gasteiger charge is 2.52. The molecule has 80 heavy (non-hydrogen) atoms. The van der Waals surface area contributed by atoms with Crippen LogP contribution in [0.25, 0.3) is 28.1 Å². The van der Waals surface area contributed by atoms with Crippen LogP contribution in [0.3, 0.4) is 0 Å². The van der Waals surface area contributed by atoms with Crippen LogP contribution in [0.15, 0.2) is 66.7 Å². The van der Waals surface area contributed by atoms with Gasteiger partial charge in [0.15, 0.2) is 0 Å². The van der Waals surface area contributed by atoms with Crippen LogP contribution in [0, 0.1) is 13.8 Å². The van der Waals surface area contributed by atoms with Gasteiger partial charge in [-0.1, -0.05) is 66.4 Å². The average Bonchev–Trinajstić information content (AvgIpc) is 4.09. The summed E-state index contributed by atoms with van der Waals surface area (Å²) in [4.78, 5) is 52.1. The molecule has 0 spiro atoms. The summed E-state index contributed by atoms with van der Waals surface area (Å²) >= 11 is 0. The number of rotatable bonds is 9. The van der Waals surface area contributed by atoms with Crippen molar-refractivity contribution in [2.75, 3.05) is 27.3 Å². The van der Waals surface area contributed by atoms with Crippen molar-refractivity contribution in [1.82, 2.24) is 39.8 Å². The normalized spacial score (nSPS) is 15.9. The Morgan fingerprint density at radius 2 is 1.18 bits per heavy atom. The zero-order valence-electron chi connectivity index (χ0n) is 49.1. The summed E-state index contributed by atoms with van der Waals surface area (Å²) < 4.78 is 36.7. The number of esters is 2. The fraction of sp³-hybridized carbons (Fsp3) is 0.508. The molecule has 0 aliphatic carbocycles. The largest absolute Gasteiger partial charge is 0.494 e. The van der Waals surface area contributed by atoms with Crippen LogP contribution in [-0.4, -0.2) is 121 Å². The summed E-state index contributed by atoms with van der Waals surface area (Å²) in [7, 11) is 2.38. The average molecular weight is 1100 g/mol. The van der Waals surface area contributed by atoms with E-state index in [-0.39, 0.29) is 62.2 Å². The number of ether oxygens (including phenoxy) is 4. The molecule has 4 aromatic carbocycles. The molecule has 0 bridgehead atoms. The highest BCUT2D eigenvalue weighted by atomic mass is 16.7. The minimum Gasteiger partial charge on any atom is -0.469 e. The number of carbonyl (C=O) groups is 4. The van der Waals surface area contributed by atoms with Gasteiger partial charge in [-0.15, -0.1) is 10.2 Å². The molecule has 1 atom stereocenters. The first-order valence-corrected chi connectivity index (χ1v) is 27.2. The van der Waals surface area contributed by atoms with Crippen LogP contribution in [0.1, 0.15) is 153 Å². The van der Waals surface area contributed by atoms with E-state index in [0.717, 1.165) is 92.4 Å². The number of methoxy groups -OCH3 is 2. The summed E-state index contributed by atoms with van der Waals surface area (Å²) in [6.45, 7) is 31.4. The van der Waals surface area contributed by atoms with E-state index in [0.29, 0.717) is 26.2 Å². The topological polar surface area (TPSA) is 192 Å². The van der Waals surface area contributed by atoms with Gasteiger partial charge in [-0.05, 0) is 184 Å². The van der Waals surface area contributed by atoms with Crippen molar-refractivity contribution < 1.29 is 47.4 Å². The van der Waals surface area contributed by atoms with Crippen molar-refractivity contribution in [2.24, 2.45) is 0 Å². The van der Waals surface area contributed by atoms with Crippen molar-refractivity contribution in [2.45, 2.75) is 178 Å².